The smallest absolute Gasteiger partial charge is 0.315 e. The number of aryl methyl sites for hydroxylation is 1. The van der Waals surface area contributed by atoms with Gasteiger partial charge in [-0.2, -0.15) is 4.99 Å². The first kappa shape index (κ1) is 13.4. The zero-order chi connectivity index (χ0) is 14.8. The van der Waals surface area contributed by atoms with E-state index in [0.29, 0.717) is 11.3 Å². The number of terminal acetylenes is 1. The number of amides is 1. The molecule has 4 nitrogen and oxygen atoms in total. The van der Waals surface area contributed by atoms with Gasteiger partial charge in [-0.1, -0.05) is 23.3 Å². The fourth-order valence-corrected chi connectivity index (χ4v) is 3.18. The molecule has 0 fully saturated rings. The van der Waals surface area contributed by atoms with Gasteiger partial charge in [0.15, 0.2) is 10.6 Å². The van der Waals surface area contributed by atoms with Crippen molar-refractivity contribution in [3.05, 3.63) is 52.7 Å². The maximum Gasteiger partial charge on any atom is 0.315 e. The summed E-state index contributed by atoms with van der Waals surface area (Å²) >= 11 is 1.44. The first-order chi connectivity index (χ1) is 10.2. The molecule has 3 aromatic rings. The van der Waals surface area contributed by atoms with Crippen molar-refractivity contribution >= 4 is 27.5 Å². The summed E-state index contributed by atoms with van der Waals surface area (Å²) in [6.07, 6.45) is 6.87. The number of carbonyl (C=O) groups is 1. The standard InChI is InChI=1S/C16H12N2O2S/c1-3-8-18-12-7-6-11(2)10-14(12)21-16(18)17-15(19)13-5-4-9-20-13/h1,4-7,9-10H,8H2,2H3. The van der Waals surface area contributed by atoms with E-state index < -0.39 is 5.91 Å². The summed E-state index contributed by atoms with van der Waals surface area (Å²) < 4.78 is 7.99. The van der Waals surface area contributed by atoms with E-state index in [0.717, 1.165) is 15.8 Å². The summed E-state index contributed by atoms with van der Waals surface area (Å²) in [6.45, 7) is 2.39. The zero-order valence-electron chi connectivity index (χ0n) is 11.4. The van der Waals surface area contributed by atoms with Gasteiger partial charge in [0.05, 0.1) is 23.0 Å². The van der Waals surface area contributed by atoms with Crippen LogP contribution < -0.4 is 4.80 Å². The number of hydrogen-bond acceptors (Lipinski definition) is 3. The lowest BCUT2D eigenvalue weighted by molar-refractivity contribution is 0.0971. The van der Waals surface area contributed by atoms with Crippen LogP contribution in [0.4, 0.5) is 0 Å². The van der Waals surface area contributed by atoms with Gasteiger partial charge in [-0.15, -0.1) is 6.42 Å². The zero-order valence-corrected chi connectivity index (χ0v) is 12.2. The van der Waals surface area contributed by atoms with Crippen molar-refractivity contribution in [1.82, 2.24) is 4.57 Å². The summed E-state index contributed by atoms with van der Waals surface area (Å²) in [5, 5.41) is 0. The third kappa shape index (κ3) is 2.54. The van der Waals surface area contributed by atoms with E-state index in [-0.39, 0.29) is 5.76 Å². The van der Waals surface area contributed by atoms with Crippen LogP contribution in [-0.2, 0) is 6.54 Å². The number of nitrogens with zero attached hydrogens (tertiary/aromatic N) is 2. The van der Waals surface area contributed by atoms with E-state index in [1.807, 2.05) is 23.6 Å². The Morgan fingerprint density at radius 2 is 2.33 bits per heavy atom. The monoisotopic (exact) mass is 296 g/mol. The van der Waals surface area contributed by atoms with Crippen LogP contribution in [0.2, 0.25) is 0 Å². The van der Waals surface area contributed by atoms with Crippen molar-refractivity contribution in [2.24, 2.45) is 4.99 Å². The highest BCUT2D eigenvalue weighted by Crippen LogP contribution is 2.19. The molecule has 0 spiro atoms. The number of hydrogen-bond donors (Lipinski definition) is 0. The second-order valence-electron chi connectivity index (χ2n) is 4.54. The molecule has 0 unspecified atom stereocenters. The van der Waals surface area contributed by atoms with Gasteiger partial charge in [0.25, 0.3) is 0 Å². The van der Waals surface area contributed by atoms with Crippen molar-refractivity contribution in [3.63, 3.8) is 0 Å². The van der Waals surface area contributed by atoms with Crippen LogP contribution >= 0.6 is 11.3 Å². The highest BCUT2D eigenvalue weighted by atomic mass is 32.1. The molecule has 5 heteroatoms. The largest absolute Gasteiger partial charge is 0.459 e. The van der Waals surface area contributed by atoms with E-state index in [1.165, 1.54) is 17.6 Å². The molecule has 0 saturated heterocycles. The van der Waals surface area contributed by atoms with Gasteiger partial charge in [0.2, 0.25) is 0 Å². The van der Waals surface area contributed by atoms with Crippen molar-refractivity contribution in [3.8, 4) is 12.3 Å². The minimum absolute atomic E-state index is 0.218. The van der Waals surface area contributed by atoms with E-state index in [9.17, 15) is 4.79 Å². The van der Waals surface area contributed by atoms with Gasteiger partial charge in [-0.05, 0) is 36.8 Å². The number of benzene rings is 1. The van der Waals surface area contributed by atoms with Crippen LogP contribution in [-0.4, -0.2) is 10.5 Å². The molecule has 1 amide bonds. The molecule has 3 rings (SSSR count). The Bertz CT molecular complexity index is 908. The third-order valence-corrected chi connectivity index (χ3v) is 4.06. The average Bonchev–Trinajstić information content (AvgIpc) is 3.08. The highest BCUT2D eigenvalue weighted by Gasteiger charge is 2.10. The van der Waals surface area contributed by atoms with E-state index in [1.54, 1.807) is 12.1 Å². The van der Waals surface area contributed by atoms with Gasteiger partial charge in [0, 0.05) is 0 Å². The van der Waals surface area contributed by atoms with E-state index >= 15 is 0 Å². The molecule has 104 valence electrons. The molecule has 0 radical (unpaired) electrons. The van der Waals surface area contributed by atoms with Gasteiger partial charge >= 0.3 is 5.91 Å². The van der Waals surface area contributed by atoms with Gasteiger partial charge in [-0.25, -0.2) is 0 Å². The molecule has 0 aliphatic heterocycles. The summed E-state index contributed by atoms with van der Waals surface area (Å²) in [7, 11) is 0. The Morgan fingerprint density at radius 3 is 3.05 bits per heavy atom. The number of thiazole rings is 1. The Hall–Kier alpha value is -2.58. The second kappa shape index (κ2) is 5.43. The second-order valence-corrected chi connectivity index (χ2v) is 5.55. The molecular formula is C16H12N2O2S. The number of rotatable bonds is 2. The predicted octanol–water partition coefficient (Wildman–Crippen LogP) is 2.98. The lowest BCUT2D eigenvalue weighted by Gasteiger charge is -1.99. The minimum atomic E-state index is -0.408. The lowest BCUT2D eigenvalue weighted by Crippen LogP contribution is -2.16. The highest BCUT2D eigenvalue weighted by molar-refractivity contribution is 7.16. The predicted molar refractivity (Wildman–Crippen MR) is 82.0 cm³/mol. The quantitative estimate of drug-likeness (QED) is 0.683. The molecule has 1 aromatic carbocycles. The lowest BCUT2D eigenvalue weighted by atomic mass is 10.2. The van der Waals surface area contributed by atoms with Crippen LogP contribution in [0.3, 0.4) is 0 Å². The topological polar surface area (TPSA) is 47.5 Å². The normalized spacial score (nSPS) is 11.7. The van der Waals surface area contributed by atoms with Crippen molar-refractivity contribution in [2.45, 2.75) is 13.5 Å². The van der Waals surface area contributed by atoms with Crippen molar-refractivity contribution < 1.29 is 9.21 Å². The maximum absolute atomic E-state index is 12.1. The SMILES string of the molecule is C#CCn1c(=NC(=O)c2ccco2)sc2cc(C)ccc21. The number of furan rings is 1. The molecule has 2 aromatic heterocycles. The number of fused-ring (bicyclic) bond motifs is 1. The van der Waals surface area contributed by atoms with Crippen LogP contribution in [0.15, 0.2) is 46.0 Å². The van der Waals surface area contributed by atoms with E-state index in [4.69, 9.17) is 10.8 Å². The molecule has 21 heavy (non-hydrogen) atoms. The third-order valence-electron chi connectivity index (χ3n) is 3.02. The van der Waals surface area contributed by atoms with Crippen molar-refractivity contribution in [2.75, 3.05) is 0 Å². The van der Waals surface area contributed by atoms with Gasteiger partial charge in [0.1, 0.15) is 0 Å². The molecular weight excluding hydrogens is 284 g/mol. The Labute approximate surface area is 125 Å². The molecule has 0 atom stereocenters. The molecule has 0 N–H and O–H groups in total. The summed E-state index contributed by atoms with van der Waals surface area (Å²) in [5.41, 5.74) is 2.13. The van der Waals surface area contributed by atoms with E-state index in [2.05, 4.69) is 17.0 Å². The van der Waals surface area contributed by atoms with Crippen LogP contribution in [0.1, 0.15) is 16.1 Å². The van der Waals surface area contributed by atoms with Crippen LogP contribution in [0.5, 0.6) is 0 Å². The number of aromatic nitrogens is 1. The molecule has 2 heterocycles. The Balaban J connectivity index is 2.19. The number of carbonyl (C=O) groups excluding carboxylic acids is 1. The summed E-state index contributed by atoms with van der Waals surface area (Å²) in [4.78, 5) is 16.8. The Morgan fingerprint density at radius 1 is 1.48 bits per heavy atom. The molecule has 0 aliphatic rings. The first-order valence-corrected chi connectivity index (χ1v) is 7.16. The molecule has 0 aliphatic carbocycles. The average molecular weight is 296 g/mol. The molecule has 0 bridgehead atoms. The first-order valence-electron chi connectivity index (χ1n) is 6.35. The molecule has 0 saturated carbocycles. The Kier molecular flexibility index (Phi) is 3.46. The minimum Gasteiger partial charge on any atom is -0.459 e. The fourth-order valence-electron chi connectivity index (χ4n) is 2.05. The van der Waals surface area contributed by atoms with Gasteiger partial charge in [-0.3, -0.25) is 4.79 Å². The van der Waals surface area contributed by atoms with Gasteiger partial charge < -0.3 is 8.98 Å². The fraction of sp³-hybridized carbons (Fsp3) is 0.125. The summed E-state index contributed by atoms with van der Waals surface area (Å²) in [6, 6.07) is 9.32. The van der Waals surface area contributed by atoms with Crippen LogP contribution in [0.25, 0.3) is 10.2 Å². The van der Waals surface area contributed by atoms with Crippen LogP contribution in [0, 0.1) is 19.3 Å². The van der Waals surface area contributed by atoms with Crippen molar-refractivity contribution in [1.29, 1.82) is 0 Å². The maximum atomic E-state index is 12.1. The summed E-state index contributed by atoms with van der Waals surface area (Å²) in [5.74, 6) is 2.41.